The van der Waals surface area contributed by atoms with Gasteiger partial charge in [0.1, 0.15) is 6.61 Å². The van der Waals surface area contributed by atoms with Crippen molar-refractivity contribution in [2.75, 3.05) is 26.8 Å². The van der Waals surface area contributed by atoms with E-state index in [1.165, 1.54) is 6.42 Å². The Bertz CT molecular complexity index is 548. The Hall–Kier alpha value is -1.82. The Balaban J connectivity index is 1.85. The van der Waals surface area contributed by atoms with Crippen LogP contribution in [-0.4, -0.2) is 54.2 Å². The second kappa shape index (κ2) is 8.33. The summed E-state index contributed by atoms with van der Waals surface area (Å²) >= 11 is 0. The number of rotatable bonds is 8. The number of pyridine rings is 1. The van der Waals surface area contributed by atoms with Crippen molar-refractivity contribution >= 4 is 5.91 Å². The van der Waals surface area contributed by atoms with Crippen LogP contribution in [0.3, 0.4) is 0 Å². The van der Waals surface area contributed by atoms with E-state index in [4.69, 9.17) is 9.47 Å². The van der Waals surface area contributed by atoms with Crippen LogP contribution < -0.4 is 14.8 Å². The van der Waals surface area contributed by atoms with Crippen LogP contribution in [0.4, 0.5) is 0 Å². The molecule has 6 heteroatoms. The number of aromatic nitrogens is 1. The van der Waals surface area contributed by atoms with Crippen molar-refractivity contribution in [3.05, 3.63) is 18.3 Å². The average molecular weight is 335 g/mol. The van der Waals surface area contributed by atoms with Gasteiger partial charge in [-0.1, -0.05) is 0 Å². The van der Waals surface area contributed by atoms with Crippen molar-refractivity contribution in [1.82, 2.24) is 15.2 Å². The lowest BCUT2D eigenvalue weighted by molar-refractivity contribution is -0.124. The van der Waals surface area contributed by atoms with E-state index in [0.717, 1.165) is 13.0 Å². The number of amides is 1. The highest BCUT2D eigenvalue weighted by atomic mass is 16.5. The van der Waals surface area contributed by atoms with Gasteiger partial charge in [0.15, 0.2) is 5.75 Å². The van der Waals surface area contributed by atoms with Gasteiger partial charge in [-0.05, 0) is 59.3 Å². The third-order valence-electron chi connectivity index (χ3n) is 4.18. The molecule has 1 amide bonds. The first-order valence-corrected chi connectivity index (χ1v) is 8.63. The molecule has 1 aliphatic rings. The van der Waals surface area contributed by atoms with Gasteiger partial charge in [0.2, 0.25) is 5.91 Å². The van der Waals surface area contributed by atoms with Crippen LogP contribution in [0.15, 0.2) is 18.3 Å². The Morgan fingerprint density at radius 2 is 2.25 bits per heavy atom. The minimum atomic E-state index is -0.477. The van der Waals surface area contributed by atoms with Crippen LogP contribution in [0.2, 0.25) is 0 Å². The molecule has 1 saturated heterocycles. The van der Waals surface area contributed by atoms with Crippen molar-refractivity contribution in [2.24, 2.45) is 0 Å². The monoisotopic (exact) mass is 335 g/mol. The molecule has 6 nitrogen and oxygen atoms in total. The molecular weight excluding hydrogens is 306 g/mol. The van der Waals surface area contributed by atoms with Gasteiger partial charge in [-0.2, -0.15) is 0 Å². The summed E-state index contributed by atoms with van der Waals surface area (Å²) < 4.78 is 11.3. The zero-order chi connectivity index (χ0) is 17.6. The van der Waals surface area contributed by atoms with E-state index in [9.17, 15) is 4.79 Å². The van der Waals surface area contributed by atoms with E-state index >= 15 is 0 Å². The number of nitrogens with one attached hydrogen (secondary N) is 1. The predicted molar refractivity (Wildman–Crippen MR) is 93.4 cm³/mol. The molecule has 1 atom stereocenters. The van der Waals surface area contributed by atoms with Crippen LogP contribution in [0, 0.1) is 0 Å². The number of hydrogen-bond acceptors (Lipinski definition) is 5. The number of nitrogens with zero attached hydrogens (tertiary/aromatic N) is 2. The van der Waals surface area contributed by atoms with Gasteiger partial charge >= 0.3 is 0 Å². The standard InChI is InChI=1S/C18H29N3O3/c1-5-23-15-9-6-10-19-17(15)24-13-18(2,3)20-16(22)12-14-8-7-11-21(14)4/h6,9-10,14H,5,7-8,11-13H2,1-4H3,(H,20,22). The molecule has 0 spiro atoms. The number of hydrogen-bond donors (Lipinski definition) is 1. The Morgan fingerprint density at radius 1 is 1.46 bits per heavy atom. The molecule has 0 aromatic carbocycles. The molecular formula is C18H29N3O3. The minimum absolute atomic E-state index is 0.0633. The summed E-state index contributed by atoms with van der Waals surface area (Å²) in [6.07, 6.45) is 4.46. The molecule has 1 aromatic rings. The maximum Gasteiger partial charge on any atom is 0.257 e. The SMILES string of the molecule is CCOc1cccnc1OCC(C)(C)NC(=O)CC1CCCN1C. The molecule has 2 heterocycles. The largest absolute Gasteiger partial charge is 0.488 e. The zero-order valence-corrected chi connectivity index (χ0v) is 15.2. The van der Waals surface area contributed by atoms with Gasteiger partial charge < -0.3 is 19.7 Å². The topological polar surface area (TPSA) is 63.7 Å². The molecule has 24 heavy (non-hydrogen) atoms. The first-order chi connectivity index (χ1) is 11.4. The van der Waals surface area contributed by atoms with E-state index in [1.54, 1.807) is 6.20 Å². The smallest absolute Gasteiger partial charge is 0.257 e. The molecule has 1 fully saturated rings. The predicted octanol–water partition coefficient (Wildman–Crippen LogP) is 2.24. The lowest BCUT2D eigenvalue weighted by Crippen LogP contribution is -2.49. The summed E-state index contributed by atoms with van der Waals surface area (Å²) in [6.45, 7) is 7.78. The summed E-state index contributed by atoms with van der Waals surface area (Å²) in [6, 6.07) is 3.98. The van der Waals surface area contributed by atoms with E-state index in [1.807, 2.05) is 32.9 Å². The van der Waals surface area contributed by atoms with E-state index in [-0.39, 0.29) is 5.91 Å². The second-order valence-electron chi connectivity index (χ2n) is 6.94. The quantitative estimate of drug-likeness (QED) is 0.789. The molecule has 2 rings (SSSR count). The molecule has 1 aliphatic heterocycles. The number of likely N-dealkylation sites (tertiary alicyclic amines) is 1. The van der Waals surface area contributed by atoms with Gasteiger partial charge in [0.05, 0.1) is 12.1 Å². The fourth-order valence-electron chi connectivity index (χ4n) is 2.91. The Kier molecular flexibility index (Phi) is 6.43. The molecule has 0 saturated carbocycles. The van der Waals surface area contributed by atoms with Gasteiger partial charge in [0.25, 0.3) is 5.88 Å². The van der Waals surface area contributed by atoms with Gasteiger partial charge in [0, 0.05) is 18.7 Å². The number of carbonyl (C=O) groups excluding carboxylic acids is 1. The summed E-state index contributed by atoms with van der Waals surface area (Å²) in [5.74, 6) is 1.14. The van der Waals surface area contributed by atoms with Gasteiger partial charge in [-0.15, -0.1) is 0 Å². The van der Waals surface area contributed by atoms with Gasteiger partial charge in [-0.3, -0.25) is 4.79 Å². The van der Waals surface area contributed by atoms with Crippen molar-refractivity contribution < 1.29 is 14.3 Å². The lowest BCUT2D eigenvalue weighted by atomic mass is 10.1. The molecule has 1 aromatic heterocycles. The Morgan fingerprint density at radius 3 is 2.92 bits per heavy atom. The minimum Gasteiger partial charge on any atom is -0.488 e. The van der Waals surface area contributed by atoms with Crippen LogP contribution in [0.1, 0.15) is 40.0 Å². The van der Waals surface area contributed by atoms with E-state index < -0.39 is 5.54 Å². The highest BCUT2D eigenvalue weighted by molar-refractivity contribution is 5.77. The van der Waals surface area contributed by atoms with Crippen LogP contribution >= 0.6 is 0 Å². The molecule has 0 aliphatic carbocycles. The van der Waals surface area contributed by atoms with E-state index in [0.29, 0.717) is 37.3 Å². The summed E-state index contributed by atoms with van der Waals surface area (Å²) in [4.78, 5) is 18.8. The maximum absolute atomic E-state index is 12.3. The maximum atomic E-state index is 12.3. The summed E-state index contributed by atoms with van der Waals surface area (Å²) in [5.41, 5.74) is -0.477. The summed E-state index contributed by atoms with van der Waals surface area (Å²) in [7, 11) is 2.08. The molecule has 0 radical (unpaired) electrons. The number of ether oxygens (including phenoxy) is 2. The lowest BCUT2D eigenvalue weighted by Gasteiger charge is -2.28. The van der Waals surface area contributed by atoms with Crippen LogP contribution in [-0.2, 0) is 4.79 Å². The molecule has 0 bridgehead atoms. The highest BCUT2D eigenvalue weighted by Gasteiger charge is 2.27. The van der Waals surface area contributed by atoms with Gasteiger partial charge in [-0.25, -0.2) is 4.98 Å². The first kappa shape index (κ1) is 18.5. The highest BCUT2D eigenvalue weighted by Crippen LogP contribution is 2.24. The van der Waals surface area contributed by atoms with Crippen LogP contribution in [0.5, 0.6) is 11.6 Å². The van der Waals surface area contributed by atoms with E-state index in [2.05, 4.69) is 22.2 Å². The fraction of sp³-hybridized carbons (Fsp3) is 0.667. The Labute approximate surface area is 144 Å². The van der Waals surface area contributed by atoms with Crippen molar-refractivity contribution in [1.29, 1.82) is 0 Å². The van der Waals surface area contributed by atoms with Crippen molar-refractivity contribution in [3.8, 4) is 11.6 Å². The molecule has 134 valence electrons. The molecule has 1 unspecified atom stereocenters. The molecule has 1 N–H and O–H groups in total. The van der Waals surface area contributed by atoms with Crippen LogP contribution in [0.25, 0.3) is 0 Å². The normalized spacial score (nSPS) is 18.4. The van der Waals surface area contributed by atoms with Crippen molar-refractivity contribution in [3.63, 3.8) is 0 Å². The van der Waals surface area contributed by atoms with Crippen molar-refractivity contribution in [2.45, 2.75) is 51.6 Å². The fourth-order valence-corrected chi connectivity index (χ4v) is 2.91. The zero-order valence-electron chi connectivity index (χ0n) is 15.2. The summed E-state index contributed by atoms with van der Waals surface area (Å²) in [5, 5.41) is 3.07. The third-order valence-corrected chi connectivity index (χ3v) is 4.18. The third kappa shape index (κ3) is 5.37. The number of carbonyl (C=O) groups is 1. The second-order valence-corrected chi connectivity index (χ2v) is 6.94. The first-order valence-electron chi connectivity index (χ1n) is 8.63. The average Bonchev–Trinajstić information content (AvgIpc) is 2.91.